The van der Waals surface area contributed by atoms with Gasteiger partial charge in [-0.3, -0.25) is 4.79 Å². The first-order chi connectivity index (χ1) is 6.72. The van der Waals surface area contributed by atoms with Crippen molar-refractivity contribution in [3.63, 3.8) is 0 Å². The minimum absolute atomic E-state index is 0.0363. The molecule has 0 radical (unpaired) electrons. The van der Waals surface area contributed by atoms with Crippen molar-refractivity contribution in [3.8, 4) is 0 Å². The van der Waals surface area contributed by atoms with E-state index >= 15 is 0 Å². The third kappa shape index (κ3) is 1.58. The predicted molar refractivity (Wildman–Crippen MR) is 53.5 cm³/mol. The van der Waals surface area contributed by atoms with E-state index in [1.165, 1.54) is 11.5 Å². The molecule has 0 amide bonds. The van der Waals surface area contributed by atoms with Crippen LogP contribution in [-0.4, -0.2) is 23.3 Å². The first-order valence-corrected chi connectivity index (χ1v) is 5.25. The van der Waals surface area contributed by atoms with Gasteiger partial charge in [0.2, 0.25) is 0 Å². The van der Waals surface area contributed by atoms with Crippen LogP contribution >= 0.6 is 11.5 Å². The van der Waals surface area contributed by atoms with Crippen molar-refractivity contribution in [1.82, 2.24) is 4.37 Å². The summed E-state index contributed by atoms with van der Waals surface area (Å²) in [5, 5.41) is 0. The maximum absolute atomic E-state index is 11.7. The van der Waals surface area contributed by atoms with Crippen molar-refractivity contribution in [2.45, 2.75) is 25.5 Å². The number of fused-ring (bicyclic) bond motifs is 1. The molecule has 2 N–H and O–H groups in total. The second-order valence-corrected chi connectivity index (χ2v) is 4.31. The Kier molecular flexibility index (Phi) is 2.62. The lowest BCUT2D eigenvalue weighted by molar-refractivity contribution is 0.0961. The molecular weight excluding hydrogens is 200 g/mol. The summed E-state index contributed by atoms with van der Waals surface area (Å²) in [6, 6.07) is -0.0363. The van der Waals surface area contributed by atoms with Gasteiger partial charge in [0.15, 0.2) is 5.78 Å². The summed E-state index contributed by atoms with van der Waals surface area (Å²) in [6.45, 7) is 0.410. The summed E-state index contributed by atoms with van der Waals surface area (Å²) < 4.78 is 9.20. The lowest BCUT2D eigenvalue weighted by atomic mass is 9.93. The molecule has 5 heteroatoms. The molecule has 0 fully saturated rings. The predicted octanol–water partition coefficient (Wildman–Crippen LogP) is 0.746. The number of ether oxygens (including phenoxy) is 1. The van der Waals surface area contributed by atoms with E-state index < -0.39 is 0 Å². The summed E-state index contributed by atoms with van der Waals surface area (Å²) >= 11 is 1.37. The molecule has 0 aliphatic heterocycles. The Balaban J connectivity index is 2.36. The van der Waals surface area contributed by atoms with Gasteiger partial charge in [-0.05, 0) is 18.0 Å². The second kappa shape index (κ2) is 3.76. The molecule has 1 aliphatic rings. The number of hydrogen-bond donors (Lipinski definition) is 1. The van der Waals surface area contributed by atoms with Crippen LogP contribution in [0, 0.1) is 0 Å². The standard InChI is InChI=1S/C9H12N2O2S/c1-13-4-6-9-7(12)2-5(10)3-8(9)14-11-6/h5H,2-4,10H2,1H3. The molecule has 1 aromatic rings. The quantitative estimate of drug-likeness (QED) is 0.785. The smallest absolute Gasteiger partial charge is 0.167 e. The third-order valence-corrected chi connectivity index (χ3v) is 3.19. The lowest BCUT2D eigenvalue weighted by Crippen LogP contribution is -2.31. The van der Waals surface area contributed by atoms with E-state index in [1.54, 1.807) is 7.11 Å². The van der Waals surface area contributed by atoms with E-state index in [-0.39, 0.29) is 11.8 Å². The molecule has 2 rings (SSSR count). The van der Waals surface area contributed by atoms with E-state index in [0.717, 1.165) is 22.6 Å². The van der Waals surface area contributed by atoms with Crippen molar-refractivity contribution in [2.24, 2.45) is 5.73 Å². The molecule has 0 spiro atoms. The van der Waals surface area contributed by atoms with Crippen LogP contribution in [-0.2, 0) is 17.8 Å². The maximum atomic E-state index is 11.7. The number of Topliss-reactive ketones (excluding diaryl/α,β-unsaturated/α-hetero) is 1. The average molecular weight is 212 g/mol. The number of aromatic nitrogens is 1. The molecule has 1 atom stereocenters. The molecule has 4 nitrogen and oxygen atoms in total. The summed E-state index contributed by atoms with van der Waals surface area (Å²) in [4.78, 5) is 12.7. The van der Waals surface area contributed by atoms with Gasteiger partial charge < -0.3 is 10.5 Å². The molecule has 14 heavy (non-hydrogen) atoms. The third-order valence-electron chi connectivity index (χ3n) is 2.29. The van der Waals surface area contributed by atoms with Gasteiger partial charge in [-0.15, -0.1) is 0 Å². The van der Waals surface area contributed by atoms with Crippen LogP contribution in [0.25, 0.3) is 0 Å². The number of hydrogen-bond acceptors (Lipinski definition) is 5. The topological polar surface area (TPSA) is 65.2 Å². The monoisotopic (exact) mass is 212 g/mol. The Bertz CT molecular complexity index is 348. The van der Waals surface area contributed by atoms with Gasteiger partial charge in [-0.1, -0.05) is 0 Å². The van der Waals surface area contributed by atoms with Crippen LogP contribution in [0.4, 0.5) is 0 Å². The normalized spacial score (nSPS) is 21.0. The van der Waals surface area contributed by atoms with E-state index in [2.05, 4.69) is 4.37 Å². The summed E-state index contributed by atoms with van der Waals surface area (Å²) in [6.07, 6.45) is 1.20. The molecule has 76 valence electrons. The van der Waals surface area contributed by atoms with Crippen molar-refractivity contribution in [3.05, 3.63) is 16.1 Å². The number of carbonyl (C=O) groups excluding carboxylic acids is 1. The number of nitrogens with two attached hydrogens (primary N) is 1. The fourth-order valence-corrected chi connectivity index (χ4v) is 2.68. The van der Waals surface area contributed by atoms with Gasteiger partial charge in [-0.2, -0.15) is 4.37 Å². The Morgan fingerprint density at radius 1 is 1.64 bits per heavy atom. The van der Waals surface area contributed by atoms with Crippen molar-refractivity contribution in [1.29, 1.82) is 0 Å². The summed E-state index contributed by atoms with van der Waals surface area (Å²) in [5.41, 5.74) is 7.28. The largest absolute Gasteiger partial charge is 0.378 e. The zero-order valence-corrected chi connectivity index (χ0v) is 8.76. The Morgan fingerprint density at radius 3 is 3.14 bits per heavy atom. The van der Waals surface area contributed by atoms with Gasteiger partial charge in [0.25, 0.3) is 0 Å². The Hall–Kier alpha value is -0.780. The SMILES string of the molecule is COCc1nsc2c1C(=O)CC(N)C2. The zero-order chi connectivity index (χ0) is 10.1. The molecule has 1 aliphatic carbocycles. The van der Waals surface area contributed by atoms with Crippen molar-refractivity contribution < 1.29 is 9.53 Å². The van der Waals surface area contributed by atoms with Crippen LogP contribution in [0.3, 0.4) is 0 Å². The lowest BCUT2D eigenvalue weighted by Gasteiger charge is -2.16. The zero-order valence-electron chi connectivity index (χ0n) is 7.95. The maximum Gasteiger partial charge on any atom is 0.167 e. The number of nitrogens with zero attached hydrogens (tertiary/aromatic N) is 1. The van der Waals surface area contributed by atoms with Gasteiger partial charge in [-0.25, -0.2) is 0 Å². The number of methoxy groups -OCH3 is 1. The average Bonchev–Trinajstić information content (AvgIpc) is 2.49. The first-order valence-electron chi connectivity index (χ1n) is 4.47. The van der Waals surface area contributed by atoms with Crippen LogP contribution in [0.1, 0.15) is 27.3 Å². The van der Waals surface area contributed by atoms with Crippen LogP contribution < -0.4 is 5.73 Å². The minimum atomic E-state index is -0.0363. The molecule has 1 aromatic heterocycles. The van der Waals surface area contributed by atoms with Gasteiger partial charge >= 0.3 is 0 Å². The highest BCUT2D eigenvalue weighted by Gasteiger charge is 2.27. The fraction of sp³-hybridized carbons (Fsp3) is 0.556. The first kappa shape index (κ1) is 9.76. The van der Waals surface area contributed by atoms with Crippen LogP contribution in [0.15, 0.2) is 0 Å². The Morgan fingerprint density at radius 2 is 2.43 bits per heavy atom. The number of ketones is 1. The second-order valence-electron chi connectivity index (χ2n) is 3.45. The van der Waals surface area contributed by atoms with Crippen molar-refractivity contribution >= 4 is 17.3 Å². The summed E-state index contributed by atoms with van der Waals surface area (Å²) in [7, 11) is 1.60. The van der Waals surface area contributed by atoms with E-state index in [9.17, 15) is 4.79 Å². The molecule has 0 saturated carbocycles. The molecular formula is C9H12N2O2S. The van der Waals surface area contributed by atoms with E-state index in [1.807, 2.05) is 0 Å². The van der Waals surface area contributed by atoms with Crippen molar-refractivity contribution in [2.75, 3.05) is 7.11 Å². The van der Waals surface area contributed by atoms with Crippen LogP contribution in [0.2, 0.25) is 0 Å². The summed E-state index contributed by atoms with van der Waals surface area (Å²) in [5.74, 6) is 0.111. The number of rotatable bonds is 2. The molecule has 0 saturated heterocycles. The molecule has 1 unspecified atom stereocenters. The fourth-order valence-electron chi connectivity index (χ4n) is 1.70. The molecule has 0 bridgehead atoms. The minimum Gasteiger partial charge on any atom is -0.378 e. The van der Waals surface area contributed by atoms with Crippen LogP contribution in [0.5, 0.6) is 0 Å². The van der Waals surface area contributed by atoms with Gasteiger partial charge in [0, 0.05) is 24.4 Å². The molecule has 1 heterocycles. The van der Waals surface area contributed by atoms with E-state index in [4.69, 9.17) is 10.5 Å². The highest BCUT2D eigenvalue weighted by molar-refractivity contribution is 7.06. The highest BCUT2D eigenvalue weighted by atomic mass is 32.1. The Labute approximate surface area is 86.2 Å². The van der Waals surface area contributed by atoms with E-state index in [0.29, 0.717) is 13.0 Å². The van der Waals surface area contributed by atoms with Gasteiger partial charge in [0.05, 0.1) is 17.9 Å². The number of carbonyl (C=O) groups is 1. The highest BCUT2D eigenvalue weighted by Crippen LogP contribution is 2.27. The molecule has 0 aromatic carbocycles. The van der Waals surface area contributed by atoms with Gasteiger partial charge in [0.1, 0.15) is 0 Å².